The Bertz CT molecular complexity index is 983. The highest BCUT2D eigenvalue weighted by molar-refractivity contribution is 6.08. The fourth-order valence-electron chi connectivity index (χ4n) is 6.08. The Balaban J connectivity index is 1.31. The van der Waals surface area contributed by atoms with Crippen LogP contribution in [0, 0.1) is 11.8 Å². The van der Waals surface area contributed by atoms with Crippen molar-refractivity contribution in [3.05, 3.63) is 41.0 Å². The predicted molar refractivity (Wildman–Crippen MR) is 130 cm³/mol. The minimum absolute atomic E-state index is 0.0446. The third-order valence-electron chi connectivity index (χ3n) is 7.99. The Morgan fingerprint density at radius 3 is 2.67 bits per heavy atom. The molecule has 0 bridgehead atoms. The van der Waals surface area contributed by atoms with E-state index in [4.69, 9.17) is 9.47 Å². The standard InChI is InChI=1S/C28H36F3NO4/c1-19-25(24(33)11-2-3-15-32-23-10-4-9-22(17-23)28(29,30)31)27(36-26(19)34)13-5-7-20(12-14-27)21-8-6-16-35-18-21/h4,9-10,17,20-21,32H,2-3,5-8,11-16,18H2,1H3. The van der Waals surface area contributed by atoms with Gasteiger partial charge in [-0.2, -0.15) is 13.2 Å². The number of esters is 1. The quantitative estimate of drug-likeness (QED) is 0.323. The third-order valence-corrected chi connectivity index (χ3v) is 7.99. The largest absolute Gasteiger partial charge is 0.451 e. The van der Waals surface area contributed by atoms with Crippen LogP contribution in [0.15, 0.2) is 35.4 Å². The molecule has 2 heterocycles. The normalized spacial score (nSPS) is 27.2. The van der Waals surface area contributed by atoms with Gasteiger partial charge in [0, 0.05) is 43.0 Å². The zero-order valence-electron chi connectivity index (χ0n) is 20.9. The number of unbranched alkanes of at least 4 members (excludes halogenated alkanes) is 1. The number of carbonyl (C=O) groups is 2. The molecule has 4 rings (SSSR count). The molecule has 1 aromatic rings. The van der Waals surface area contributed by atoms with E-state index in [9.17, 15) is 22.8 Å². The van der Waals surface area contributed by atoms with Crippen LogP contribution in [0.4, 0.5) is 18.9 Å². The van der Waals surface area contributed by atoms with Crippen LogP contribution in [0.1, 0.15) is 76.7 Å². The minimum atomic E-state index is -4.38. The van der Waals surface area contributed by atoms with Crippen LogP contribution in [0.25, 0.3) is 0 Å². The highest BCUT2D eigenvalue weighted by atomic mass is 19.4. The van der Waals surface area contributed by atoms with Crippen molar-refractivity contribution in [2.24, 2.45) is 11.8 Å². The van der Waals surface area contributed by atoms with Gasteiger partial charge in [0.25, 0.3) is 0 Å². The van der Waals surface area contributed by atoms with Gasteiger partial charge >= 0.3 is 12.1 Å². The van der Waals surface area contributed by atoms with Gasteiger partial charge in [0.1, 0.15) is 5.60 Å². The number of ether oxygens (including phenoxy) is 2. The zero-order chi connectivity index (χ0) is 25.8. The molecule has 2 aliphatic heterocycles. The maximum Gasteiger partial charge on any atom is 0.416 e. The second-order valence-electron chi connectivity index (χ2n) is 10.4. The molecule has 1 aliphatic carbocycles. The van der Waals surface area contributed by atoms with E-state index < -0.39 is 17.3 Å². The van der Waals surface area contributed by atoms with E-state index in [1.807, 2.05) is 0 Å². The Hall–Kier alpha value is -2.35. The molecule has 0 radical (unpaired) electrons. The number of hydrogen-bond donors (Lipinski definition) is 1. The van der Waals surface area contributed by atoms with Crippen molar-refractivity contribution in [3.8, 4) is 0 Å². The lowest BCUT2D eigenvalue weighted by molar-refractivity contribution is -0.148. The number of alkyl halides is 3. The lowest BCUT2D eigenvalue weighted by atomic mass is 9.80. The van der Waals surface area contributed by atoms with Crippen LogP contribution in [-0.4, -0.2) is 37.1 Å². The van der Waals surface area contributed by atoms with Crippen molar-refractivity contribution < 1.29 is 32.2 Å². The summed E-state index contributed by atoms with van der Waals surface area (Å²) in [6, 6.07) is 5.10. The Morgan fingerprint density at radius 2 is 1.92 bits per heavy atom. The fraction of sp³-hybridized carbons (Fsp3) is 0.643. The second kappa shape index (κ2) is 11.4. The van der Waals surface area contributed by atoms with Crippen LogP contribution in [0.2, 0.25) is 0 Å². The van der Waals surface area contributed by atoms with Crippen molar-refractivity contribution >= 4 is 17.4 Å². The van der Waals surface area contributed by atoms with Crippen molar-refractivity contribution in [1.29, 1.82) is 0 Å². The molecule has 2 fully saturated rings. The molecule has 3 atom stereocenters. The average Bonchev–Trinajstić information content (AvgIpc) is 2.98. The van der Waals surface area contributed by atoms with Crippen LogP contribution >= 0.6 is 0 Å². The summed E-state index contributed by atoms with van der Waals surface area (Å²) in [5.41, 5.74) is -0.109. The summed E-state index contributed by atoms with van der Waals surface area (Å²) in [6.45, 7) is 3.78. The average molecular weight is 508 g/mol. The second-order valence-corrected chi connectivity index (χ2v) is 10.4. The highest BCUT2D eigenvalue weighted by Crippen LogP contribution is 2.46. The number of halogens is 3. The highest BCUT2D eigenvalue weighted by Gasteiger charge is 2.49. The predicted octanol–water partition coefficient (Wildman–Crippen LogP) is 6.48. The summed E-state index contributed by atoms with van der Waals surface area (Å²) in [5.74, 6) is 0.642. The van der Waals surface area contributed by atoms with E-state index in [1.54, 1.807) is 13.0 Å². The van der Waals surface area contributed by atoms with E-state index in [2.05, 4.69) is 5.32 Å². The number of rotatable bonds is 8. The van der Waals surface area contributed by atoms with Gasteiger partial charge in [0.15, 0.2) is 5.78 Å². The summed E-state index contributed by atoms with van der Waals surface area (Å²) in [5, 5.41) is 3.01. The summed E-state index contributed by atoms with van der Waals surface area (Å²) in [6.07, 6.45) is 3.63. The molecule has 1 spiro atoms. The molecular weight excluding hydrogens is 471 g/mol. The van der Waals surface area contributed by atoms with Crippen LogP contribution in [0.3, 0.4) is 0 Å². The van der Waals surface area contributed by atoms with E-state index in [0.29, 0.717) is 60.9 Å². The lowest BCUT2D eigenvalue weighted by Crippen LogP contribution is -2.35. The first kappa shape index (κ1) is 26.7. The Labute approximate surface area is 210 Å². The van der Waals surface area contributed by atoms with Gasteiger partial charge < -0.3 is 14.8 Å². The molecule has 3 aliphatic rings. The molecule has 198 valence electrons. The monoisotopic (exact) mass is 507 g/mol. The van der Waals surface area contributed by atoms with E-state index >= 15 is 0 Å². The number of Topliss-reactive ketones (excluding diaryl/α,β-unsaturated/α-hetero) is 1. The first-order valence-electron chi connectivity index (χ1n) is 13.2. The van der Waals surface area contributed by atoms with E-state index in [1.165, 1.54) is 12.5 Å². The first-order valence-corrected chi connectivity index (χ1v) is 13.2. The van der Waals surface area contributed by atoms with Crippen LogP contribution in [0.5, 0.6) is 0 Å². The van der Waals surface area contributed by atoms with Crippen molar-refractivity contribution in [2.45, 2.75) is 82.9 Å². The van der Waals surface area contributed by atoms with Gasteiger partial charge in [-0.1, -0.05) is 6.07 Å². The first-order chi connectivity index (χ1) is 17.2. The maximum atomic E-state index is 13.3. The Morgan fingerprint density at radius 1 is 1.11 bits per heavy atom. The van der Waals surface area contributed by atoms with Crippen molar-refractivity contribution in [1.82, 2.24) is 0 Å². The van der Waals surface area contributed by atoms with Gasteiger partial charge in [-0.05, 0) is 94.7 Å². The molecule has 1 aromatic carbocycles. The van der Waals surface area contributed by atoms with E-state index in [0.717, 1.165) is 51.0 Å². The molecule has 36 heavy (non-hydrogen) atoms. The molecular formula is C28H36F3NO4. The smallest absolute Gasteiger partial charge is 0.416 e. The number of carbonyl (C=O) groups excluding carboxylic acids is 2. The van der Waals surface area contributed by atoms with Crippen molar-refractivity contribution in [2.75, 3.05) is 25.1 Å². The zero-order valence-corrected chi connectivity index (χ0v) is 20.9. The molecule has 5 nitrogen and oxygen atoms in total. The topological polar surface area (TPSA) is 64.6 Å². The molecule has 1 saturated heterocycles. The van der Waals surface area contributed by atoms with Gasteiger partial charge in [-0.25, -0.2) is 4.79 Å². The number of benzene rings is 1. The van der Waals surface area contributed by atoms with Gasteiger partial charge in [0.2, 0.25) is 0 Å². The maximum absolute atomic E-state index is 13.3. The lowest BCUT2D eigenvalue weighted by Gasteiger charge is -2.31. The molecule has 3 unspecified atom stereocenters. The number of nitrogens with one attached hydrogen (secondary N) is 1. The number of ketones is 1. The SMILES string of the molecule is CC1=C(C(=O)CCCCNc2cccc(C(F)(F)F)c2)C2(CCCC(C3CCCOC3)CC2)OC1=O. The van der Waals surface area contributed by atoms with Gasteiger partial charge in [-0.15, -0.1) is 0 Å². The molecule has 0 amide bonds. The molecule has 1 saturated carbocycles. The summed E-state index contributed by atoms with van der Waals surface area (Å²) in [4.78, 5) is 25.8. The fourth-order valence-corrected chi connectivity index (χ4v) is 6.08. The van der Waals surface area contributed by atoms with E-state index in [-0.39, 0.29) is 18.2 Å². The molecule has 8 heteroatoms. The number of hydrogen-bond acceptors (Lipinski definition) is 5. The van der Waals surface area contributed by atoms with Gasteiger partial charge in [0.05, 0.1) is 5.56 Å². The molecule has 1 N–H and O–H groups in total. The van der Waals surface area contributed by atoms with Crippen LogP contribution < -0.4 is 5.32 Å². The summed E-state index contributed by atoms with van der Waals surface area (Å²) >= 11 is 0. The number of anilines is 1. The summed E-state index contributed by atoms with van der Waals surface area (Å²) < 4.78 is 50.3. The minimum Gasteiger partial charge on any atom is -0.451 e. The van der Waals surface area contributed by atoms with Crippen LogP contribution in [-0.2, 0) is 25.2 Å². The third kappa shape index (κ3) is 6.13. The van der Waals surface area contributed by atoms with Crippen molar-refractivity contribution in [3.63, 3.8) is 0 Å². The Kier molecular flexibility index (Phi) is 8.43. The summed E-state index contributed by atoms with van der Waals surface area (Å²) in [7, 11) is 0. The van der Waals surface area contributed by atoms with Gasteiger partial charge in [-0.3, -0.25) is 4.79 Å². The molecule has 0 aromatic heterocycles.